The van der Waals surface area contributed by atoms with Crippen molar-refractivity contribution in [3.63, 3.8) is 0 Å². The van der Waals surface area contributed by atoms with E-state index in [0.29, 0.717) is 0 Å². The number of hydrogen-bond donors (Lipinski definition) is 1. The van der Waals surface area contributed by atoms with Crippen LogP contribution in [0.2, 0.25) is 0 Å². The van der Waals surface area contributed by atoms with E-state index in [1.54, 1.807) is 0 Å². The molecule has 1 nitrogen and oxygen atoms in total. The Balaban J connectivity index is 0. The molecule has 0 aliphatic carbocycles. The number of rotatable bonds is 0. The third-order valence-corrected chi connectivity index (χ3v) is 1.39. The van der Waals surface area contributed by atoms with Crippen LogP contribution in [0.1, 0.15) is 0 Å². The van der Waals surface area contributed by atoms with E-state index >= 15 is 0 Å². The molecule has 0 saturated carbocycles. The van der Waals surface area contributed by atoms with Crippen molar-refractivity contribution >= 4 is 10.7 Å². The summed E-state index contributed by atoms with van der Waals surface area (Å²) in [4.78, 5) is 0. The molecule has 0 unspecified atom stereocenters. The van der Waals surface area contributed by atoms with Crippen molar-refractivity contribution in [3.8, 4) is 0 Å². The van der Waals surface area contributed by atoms with Crippen molar-refractivity contribution in [1.82, 2.24) is 0 Å². The van der Waals surface area contributed by atoms with E-state index in [1.165, 1.54) is 0 Å². The SMILES string of the molecule is N=S(C(F)(F)F)C(F)(F)F.[Ag]. The van der Waals surface area contributed by atoms with E-state index in [1.807, 2.05) is 0 Å². The molecule has 0 spiro atoms. The molecule has 0 aliphatic rings. The quantitative estimate of drug-likeness (QED) is 0.524. The molecule has 9 heteroatoms. The van der Waals surface area contributed by atoms with Gasteiger partial charge in [-0.1, -0.05) is 0 Å². The minimum atomic E-state index is -5.49. The van der Waals surface area contributed by atoms with Gasteiger partial charge in [0.05, 0.1) is 0 Å². The van der Waals surface area contributed by atoms with Crippen LogP contribution in [0.25, 0.3) is 0 Å². The monoisotopic (exact) mass is 292 g/mol. The Morgan fingerprint density at radius 3 is 1.00 bits per heavy atom. The van der Waals surface area contributed by atoms with Crippen LogP contribution in [-0.4, -0.2) is 11.0 Å². The van der Waals surface area contributed by atoms with E-state index in [2.05, 4.69) is 0 Å². The molecule has 0 aromatic carbocycles. The van der Waals surface area contributed by atoms with E-state index in [4.69, 9.17) is 4.78 Å². The third-order valence-electron chi connectivity index (χ3n) is 0.463. The van der Waals surface area contributed by atoms with Crippen molar-refractivity contribution in [2.45, 2.75) is 11.0 Å². The molecule has 0 rings (SSSR count). The topological polar surface area (TPSA) is 23.9 Å². The Kier molecular flexibility index (Phi) is 5.00. The molecule has 0 fully saturated rings. The summed E-state index contributed by atoms with van der Waals surface area (Å²) in [6.07, 6.45) is 0. The van der Waals surface area contributed by atoms with Crippen LogP contribution >= 0.6 is 0 Å². The summed E-state index contributed by atoms with van der Waals surface area (Å²) in [6, 6.07) is 0. The van der Waals surface area contributed by atoms with Crippen molar-refractivity contribution in [2.24, 2.45) is 0 Å². The van der Waals surface area contributed by atoms with E-state index in [-0.39, 0.29) is 22.4 Å². The molecule has 0 atom stereocenters. The maximum Gasteiger partial charge on any atom is 0.460 e. The van der Waals surface area contributed by atoms with Gasteiger partial charge in [0.2, 0.25) is 0 Å². The summed E-state index contributed by atoms with van der Waals surface area (Å²) in [6.45, 7) is 0. The van der Waals surface area contributed by atoms with Gasteiger partial charge >= 0.3 is 11.0 Å². The first-order valence-electron chi connectivity index (χ1n) is 1.75. The summed E-state index contributed by atoms with van der Waals surface area (Å²) < 4.78 is 72.0. The van der Waals surface area contributed by atoms with Crippen LogP contribution in [-0.2, 0) is 33.1 Å². The molecule has 11 heavy (non-hydrogen) atoms. The van der Waals surface area contributed by atoms with Crippen molar-refractivity contribution in [1.29, 1.82) is 4.78 Å². The molecule has 0 heterocycles. The van der Waals surface area contributed by atoms with Crippen LogP contribution in [0.15, 0.2) is 0 Å². The van der Waals surface area contributed by atoms with E-state index < -0.39 is 21.7 Å². The second kappa shape index (κ2) is 3.92. The fourth-order valence-electron chi connectivity index (χ4n) is 0.131. The van der Waals surface area contributed by atoms with Gasteiger partial charge < -0.3 is 0 Å². The van der Waals surface area contributed by atoms with Crippen molar-refractivity contribution in [3.05, 3.63) is 0 Å². The van der Waals surface area contributed by atoms with Crippen LogP contribution in [0.5, 0.6) is 0 Å². The standard InChI is InChI=1S/C2HF6NS.Ag/c3-1(4,5)10(9)2(6,7)8;/h9H;. The van der Waals surface area contributed by atoms with Crippen LogP contribution in [0.4, 0.5) is 26.3 Å². The van der Waals surface area contributed by atoms with Crippen LogP contribution in [0, 0.1) is 4.78 Å². The fourth-order valence-corrected chi connectivity index (χ4v) is 0.394. The van der Waals surface area contributed by atoms with Gasteiger partial charge in [0, 0.05) is 22.4 Å². The molecule has 0 bridgehead atoms. The largest absolute Gasteiger partial charge is 0.460 e. The van der Waals surface area contributed by atoms with Crippen molar-refractivity contribution < 1.29 is 48.7 Å². The van der Waals surface area contributed by atoms with Gasteiger partial charge in [0.25, 0.3) is 0 Å². The average molecular weight is 293 g/mol. The number of nitrogens with one attached hydrogen (secondary N) is 1. The minimum Gasteiger partial charge on any atom is -0.265 e. The fraction of sp³-hybridized carbons (Fsp3) is 1.00. The maximum atomic E-state index is 11.0. The smallest absolute Gasteiger partial charge is 0.265 e. The molecule has 1 N–H and O–H groups in total. The Bertz CT molecular complexity index is 132. The van der Waals surface area contributed by atoms with E-state index in [9.17, 15) is 26.3 Å². The van der Waals surface area contributed by atoms with Crippen molar-refractivity contribution in [2.75, 3.05) is 0 Å². The Morgan fingerprint density at radius 2 is 1.00 bits per heavy atom. The summed E-state index contributed by atoms with van der Waals surface area (Å²) in [5.41, 5.74) is -11.0. The predicted octanol–water partition coefficient (Wildman–Crippen LogP) is 2.40. The van der Waals surface area contributed by atoms with E-state index in [0.717, 1.165) is 0 Å². The zero-order valence-electron chi connectivity index (χ0n) is 4.48. The summed E-state index contributed by atoms with van der Waals surface area (Å²) in [7, 11) is -4.25. The van der Waals surface area contributed by atoms with Crippen LogP contribution in [0.3, 0.4) is 0 Å². The average Bonchev–Trinajstić information content (AvgIpc) is 1.59. The molecule has 73 valence electrons. The molecular weight excluding hydrogens is 292 g/mol. The normalized spacial score (nSPS) is 13.0. The molecule has 0 aromatic rings. The van der Waals surface area contributed by atoms with Gasteiger partial charge in [0.15, 0.2) is 0 Å². The number of hydrogen-bond acceptors (Lipinski definition) is 1. The zero-order chi connectivity index (χ0) is 8.58. The van der Waals surface area contributed by atoms with Gasteiger partial charge in [-0.25, -0.2) is 0 Å². The first-order valence-corrected chi connectivity index (χ1v) is 2.97. The van der Waals surface area contributed by atoms with Gasteiger partial charge in [-0.2, -0.15) is 26.3 Å². The molecular formula is C2HAgF6NS. The Labute approximate surface area is 75.5 Å². The molecule has 1 radical (unpaired) electrons. The maximum absolute atomic E-state index is 11.0. The molecule has 0 amide bonds. The van der Waals surface area contributed by atoms with Gasteiger partial charge in [-0.3, -0.25) is 4.78 Å². The number of alkyl halides is 6. The second-order valence-electron chi connectivity index (χ2n) is 1.20. The predicted molar refractivity (Wildman–Crippen MR) is 22.2 cm³/mol. The number of halogens is 6. The van der Waals surface area contributed by atoms with Gasteiger partial charge in [0.1, 0.15) is 10.7 Å². The third kappa shape index (κ3) is 4.83. The summed E-state index contributed by atoms with van der Waals surface area (Å²) >= 11 is 0. The first-order chi connectivity index (χ1) is 4.15. The summed E-state index contributed by atoms with van der Waals surface area (Å²) in [5, 5.41) is 0. The van der Waals surface area contributed by atoms with Gasteiger partial charge in [-0.15, -0.1) is 0 Å². The Morgan fingerprint density at radius 1 is 0.818 bits per heavy atom. The summed E-state index contributed by atoms with van der Waals surface area (Å²) in [5.74, 6) is 0. The first kappa shape index (κ1) is 14.0. The Hall–Kier alpha value is 0.470. The minimum absolute atomic E-state index is 0. The van der Waals surface area contributed by atoms with Gasteiger partial charge in [-0.05, 0) is 0 Å². The second-order valence-corrected chi connectivity index (χ2v) is 2.74. The molecule has 0 aromatic heterocycles. The molecule has 0 saturated heterocycles. The zero-order valence-corrected chi connectivity index (χ0v) is 6.78. The van der Waals surface area contributed by atoms with Crippen LogP contribution < -0.4 is 0 Å². The molecule has 0 aliphatic heterocycles.